The number of amides is 3. The van der Waals surface area contributed by atoms with Gasteiger partial charge in [0.15, 0.2) is 0 Å². The van der Waals surface area contributed by atoms with Gasteiger partial charge in [-0.15, -0.1) is 13.6 Å². The first kappa shape index (κ1) is 55.1. The van der Waals surface area contributed by atoms with E-state index in [9.17, 15) is 19.3 Å². The maximum absolute atomic E-state index is 13.1. The van der Waals surface area contributed by atoms with Gasteiger partial charge in [0.25, 0.3) is 0 Å². The number of likely N-dealkylation sites (tertiary alicyclic amines) is 3. The smallest absolute Gasteiger partial charge is 0.337 e. The van der Waals surface area contributed by atoms with E-state index in [4.69, 9.17) is 13.6 Å². The van der Waals surface area contributed by atoms with Crippen LogP contribution in [0.15, 0.2) is 72.8 Å². The molecule has 3 aromatic rings. The molecule has 0 unspecified atom stereocenters. The van der Waals surface area contributed by atoms with Crippen molar-refractivity contribution in [1.82, 2.24) is 14.7 Å². The summed E-state index contributed by atoms with van der Waals surface area (Å²) in [6.07, 6.45) is 32.0. The normalized spacial score (nSPS) is 18.4. The average molecular weight is 1030 g/mol. The van der Waals surface area contributed by atoms with Crippen LogP contribution in [0.25, 0.3) is 0 Å². The van der Waals surface area contributed by atoms with E-state index in [1.807, 2.05) is 0 Å². The van der Waals surface area contributed by atoms with Gasteiger partial charge in [0.1, 0.15) is 18.3 Å². The zero-order valence-corrected chi connectivity index (χ0v) is 45.9. The molecule has 3 aromatic carbocycles. The average Bonchev–Trinajstić information content (AvgIpc) is 4.20. The van der Waals surface area contributed by atoms with Crippen molar-refractivity contribution in [3.63, 3.8) is 0 Å². The van der Waals surface area contributed by atoms with Crippen LogP contribution < -0.4 is 0 Å². The van der Waals surface area contributed by atoms with Gasteiger partial charge in [-0.05, 0) is 147 Å². The second kappa shape index (κ2) is 28.1. The molecule has 0 radical (unpaired) electrons. The molecule has 0 aromatic heterocycles. The Morgan fingerprint density at radius 2 is 0.595 bits per heavy atom. The molecule has 3 saturated carbocycles. The predicted octanol–water partition coefficient (Wildman–Crippen LogP) is 13.9. The molecule has 3 amide bonds. The highest BCUT2D eigenvalue weighted by atomic mass is 31.2. The quantitative estimate of drug-likeness (QED) is 0.0456. The van der Waals surface area contributed by atoms with Crippen LogP contribution in [0.3, 0.4) is 0 Å². The molecule has 3 aliphatic heterocycles. The second-order valence-corrected chi connectivity index (χ2v) is 25.0. The topological polar surface area (TPSA) is 109 Å². The van der Waals surface area contributed by atoms with E-state index >= 15 is 0 Å². The SMILES string of the molecule is O=C(CCCCCCCCc1ccc(C2CC2)cc1)N1CC(O[P+](O)(OC2CN(C(=O)CCCCCCCCc3ccc(C4CC4)cc3)C2)OC2CN(C(=O)CCCCCCCCc3ccc(C4CC4)cc3)C2)C1. The zero-order chi connectivity index (χ0) is 51.0. The molecule has 404 valence electrons. The fourth-order valence-corrected chi connectivity index (χ4v) is 13.0. The highest BCUT2D eigenvalue weighted by molar-refractivity contribution is 7.55. The third kappa shape index (κ3) is 18.0. The zero-order valence-electron chi connectivity index (χ0n) is 45.0. The van der Waals surface area contributed by atoms with E-state index in [0.29, 0.717) is 58.5 Å². The van der Waals surface area contributed by atoms with Crippen LogP contribution in [0.2, 0.25) is 0 Å². The minimum absolute atomic E-state index is 0.124. The molecule has 74 heavy (non-hydrogen) atoms. The minimum atomic E-state index is -3.81. The number of nitrogens with zero attached hydrogens (tertiary/aromatic N) is 3. The number of carbonyl (C=O) groups is 3. The van der Waals surface area contributed by atoms with E-state index in [1.54, 1.807) is 14.7 Å². The second-order valence-electron chi connectivity index (χ2n) is 23.5. The van der Waals surface area contributed by atoms with Crippen molar-refractivity contribution < 1.29 is 32.8 Å². The number of carbonyl (C=O) groups excluding carboxylic acids is 3. The lowest BCUT2D eigenvalue weighted by molar-refractivity contribution is -0.149. The van der Waals surface area contributed by atoms with E-state index in [0.717, 1.165) is 94.8 Å². The molecule has 6 fully saturated rings. The van der Waals surface area contributed by atoms with E-state index in [1.165, 1.54) is 130 Å². The summed E-state index contributed by atoms with van der Waals surface area (Å²) in [6.45, 7) is 2.35. The van der Waals surface area contributed by atoms with Gasteiger partial charge < -0.3 is 14.7 Å². The fourth-order valence-electron chi connectivity index (χ4n) is 11.3. The molecule has 0 spiro atoms. The van der Waals surface area contributed by atoms with Crippen LogP contribution in [0.5, 0.6) is 0 Å². The lowest BCUT2D eigenvalue weighted by atomic mass is 10.0. The highest BCUT2D eigenvalue weighted by Crippen LogP contribution is 2.62. The van der Waals surface area contributed by atoms with Crippen LogP contribution in [0.4, 0.5) is 0 Å². The summed E-state index contributed by atoms with van der Waals surface area (Å²) in [5.74, 6) is 2.81. The lowest BCUT2D eigenvalue weighted by Gasteiger charge is -2.42. The highest BCUT2D eigenvalue weighted by Gasteiger charge is 2.57. The van der Waals surface area contributed by atoms with Crippen LogP contribution in [-0.2, 0) is 47.2 Å². The van der Waals surface area contributed by atoms with E-state index in [-0.39, 0.29) is 17.7 Å². The monoisotopic (exact) mass is 1030 g/mol. The Bertz CT molecular complexity index is 1930. The van der Waals surface area contributed by atoms with Gasteiger partial charge in [-0.25, -0.2) is 0 Å². The van der Waals surface area contributed by atoms with Crippen molar-refractivity contribution in [2.24, 2.45) is 0 Å². The Hall–Kier alpha value is -3.66. The molecule has 3 aliphatic carbocycles. The molecule has 0 bridgehead atoms. The summed E-state index contributed by atoms with van der Waals surface area (Å²) in [4.78, 5) is 56.6. The van der Waals surface area contributed by atoms with Gasteiger partial charge in [-0.3, -0.25) is 14.4 Å². The van der Waals surface area contributed by atoms with Crippen molar-refractivity contribution in [2.45, 2.75) is 229 Å². The number of aryl methyl sites for hydroxylation is 3. The van der Waals surface area contributed by atoms with E-state index < -0.39 is 26.5 Å². The standard InChI is InChI=1S/C63H91N3O7P/c67-61(22-16-10-4-1-7-13-19-49-25-31-52(32-26-49)55-37-38-55)64-43-58(44-64)71-74(70,72-59-45-65(46-59)62(68)23-17-11-5-2-8-14-20-50-27-33-53(34-28-50)56-39-40-56)73-60-47-66(48-60)63(69)24-18-12-6-3-9-15-21-51-29-35-54(36-30-51)57-41-42-57/h25-36,55-60,70H,1-24,37-48H2/q+1. The largest absolute Gasteiger partial charge is 0.573 e. The Balaban J connectivity index is 0.631. The molecule has 11 heteroatoms. The Labute approximate surface area is 445 Å². The first-order valence-electron chi connectivity index (χ1n) is 30.0. The van der Waals surface area contributed by atoms with Crippen molar-refractivity contribution in [1.29, 1.82) is 0 Å². The Morgan fingerprint density at radius 3 is 0.838 bits per heavy atom. The Morgan fingerprint density at radius 1 is 0.365 bits per heavy atom. The number of benzene rings is 3. The van der Waals surface area contributed by atoms with Crippen molar-refractivity contribution >= 4 is 25.9 Å². The summed E-state index contributed by atoms with van der Waals surface area (Å²) >= 11 is 0. The first-order valence-corrected chi connectivity index (χ1v) is 31.5. The van der Waals surface area contributed by atoms with E-state index in [2.05, 4.69) is 72.8 Å². The molecule has 3 heterocycles. The van der Waals surface area contributed by atoms with Gasteiger partial charge in [-0.1, -0.05) is 150 Å². The summed E-state index contributed by atoms with van der Waals surface area (Å²) < 4.78 is 18.7. The molecular formula is C63H91N3O7P+. The van der Waals surface area contributed by atoms with Crippen LogP contribution in [-0.4, -0.2) is 94.9 Å². The molecule has 0 atom stereocenters. The predicted molar refractivity (Wildman–Crippen MR) is 297 cm³/mol. The third-order valence-electron chi connectivity index (χ3n) is 16.9. The van der Waals surface area contributed by atoms with Gasteiger partial charge in [0.05, 0.1) is 39.3 Å². The van der Waals surface area contributed by atoms with Crippen LogP contribution >= 0.6 is 8.17 Å². The molecule has 1 N–H and O–H groups in total. The van der Waals surface area contributed by atoms with Crippen LogP contribution in [0, 0.1) is 0 Å². The summed E-state index contributed by atoms with van der Waals surface area (Å²) in [7, 11) is -3.81. The van der Waals surface area contributed by atoms with Gasteiger partial charge in [-0.2, -0.15) is 4.89 Å². The van der Waals surface area contributed by atoms with Gasteiger partial charge in [0, 0.05) is 19.3 Å². The summed E-state index contributed by atoms with van der Waals surface area (Å²) in [5, 5.41) is 0. The molecule has 6 aliphatic rings. The minimum Gasteiger partial charge on any atom is -0.337 e. The molecular weight excluding hydrogens is 942 g/mol. The summed E-state index contributed by atoms with van der Waals surface area (Å²) in [6, 6.07) is 27.8. The third-order valence-corrected chi connectivity index (χ3v) is 18.5. The van der Waals surface area contributed by atoms with Crippen LogP contribution in [0.1, 0.15) is 224 Å². The number of unbranched alkanes of at least 4 members (excludes halogenated alkanes) is 15. The fraction of sp³-hybridized carbons (Fsp3) is 0.667. The number of hydrogen-bond acceptors (Lipinski definition) is 7. The number of hydrogen-bond donors (Lipinski definition) is 1. The lowest BCUT2D eigenvalue weighted by Crippen LogP contribution is -2.58. The number of rotatable bonds is 36. The van der Waals surface area contributed by atoms with Gasteiger partial charge >= 0.3 is 8.17 Å². The maximum atomic E-state index is 13.1. The van der Waals surface area contributed by atoms with Gasteiger partial charge in [0.2, 0.25) is 17.7 Å². The Kier molecular flexibility index (Phi) is 20.9. The maximum Gasteiger partial charge on any atom is 0.573 e. The van der Waals surface area contributed by atoms with Crippen molar-refractivity contribution in [3.05, 3.63) is 106 Å². The molecule has 3 saturated heterocycles. The molecule has 9 rings (SSSR count). The van der Waals surface area contributed by atoms with Crippen molar-refractivity contribution in [2.75, 3.05) is 39.3 Å². The van der Waals surface area contributed by atoms with Crippen molar-refractivity contribution in [3.8, 4) is 0 Å². The first-order chi connectivity index (χ1) is 36.2. The molecule has 10 nitrogen and oxygen atoms in total. The summed E-state index contributed by atoms with van der Waals surface area (Å²) in [5.41, 5.74) is 8.83.